The normalized spacial score (nSPS) is 13.0. The number of hydrogen-bond donors (Lipinski definition) is 8. The van der Waals surface area contributed by atoms with Gasteiger partial charge in [0, 0.05) is 62.7 Å². The number of rotatable bonds is 65. The molecule has 0 aliphatic carbocycles. The number of carbonyl (C=O) groups is 10. The summed E-state index contributed by atoms with van der Waals surface area (Å²) in [5, 5.41) is 59.7. The molecule has 5 atom stereocenters. The summed E-state index contributed by atoms with van der Waals surface area (Å²) in [5.41, 5.74) is 6.96. The predicted octanol–water partition coefficient (Wildman–Crippen LogP) is 7.87. The van der Waals surface area contributed by atoms with E-state index in [2.05, 4.69) is 25.3 Å². The van der Waals surface area contributed by atoms with Crippen molar-refractivity contribution in [1.29, 1.82) is 0 Å². The number of ether oxygens (including phenoxy) is 12. The molecule has 9 N–H and O–H groups in total. The van der Waals surface area contributed by atoms with E-state index >= 15 is 0 Å². The first-order valence-electron chi connectivity index (χ1n) is 39.6. The number of para-hydroxylation sites is 2. The van der Waals surface area contributed by atoms with Gasteiger partial charge in [-0.05, 0) is 92.7 Å². The average Bonchev–Trinajstić information content (AvgIpc) is 1.61. The lowest BCUT2D eigenvalue weighted by molar-refractivity contribution is -0.144. The van der Waals surface area contributed by atoms with E-state index in [1.807, 2.05) is 72.4 Å². The van der Waals surface area contributed by atoms with Crippen LogP contribution < -0.4 is 11.1 Å². The Morgan fingerprint density at radius 3 is 1.01 bits per heavy atom. The second-order valence-electron chi connectivity index (χ2n) is 29.3. The highest BCUT2D eigenvalue weighted by Gasteiger charge is 2.34. The summed E-state index contributed by atoms with van der Waals surface area (Å²) in [6.07, 6.45) is -14.7. The molecule has 123 heavy (non-hydrogen) atoms. The zero-order valence-corrected chi connectivity index (χ0v) is 69.8. The van der Waals surface area contributed by atoms with Gasteiger partial charge in [-0.3, -0.25) is 28.8 Å². The first kappa shape index (κ1) is 108. The summed E-state index contributed by atoms with van der Waals surface area (Å²) < 4.78 is 137. The average molecular weight is 1760 g/mol. The zero-order valence-electron chi connectivity index (χ0n) is 69.8. The minimum Gasteiger partial charge on any atom is -0.479 e. The molecular weight excluding hydrogens is 1640 g/mol. The van der Waals surface area contributed by atoms with Crippen molar-refractivity contribution >= 4 is 114 Å². The number of nitrogens with two attached hydrogens (primary N) is 1. The Morgan fingerprint density at radius 1 is 0.407 bits per heavy atom. The molecule has 6 rings (SSSR count). The van der Waals surface area contributed by atoms with Crippen LogP contribution in [-0.2, 0) is 131 Å². The number of carboxylic acids is 4. The number of aromatic nitrogens is 6. The number of Topliss-reactive ketones (excluding diaryl/α,β-unsaturated/α-hetero) is 5. The predicted molar refractivity (Wildman–Crippen MR) is 436 cm³/mol. The molecule has 1 amide bonds. The van der Waals surface area contributed by atoms with Gasteiger partial charge in [-0.25, -0.2) is 61.1 Å². The molecular formula is C82H119F5N8O28. The molecule has 4 heterocycles. The van der Waals surface area contributed by atoms with Gasteiger partial charge < -0.3 is 108 Å². The quantitative estimate of drug-likeness (QED) is 0.0133. The number of aliphatic carboxylic acids is 4. The lowest BCUT2D eigenvalue weighted by atomic mass is 9.92. The molecule has 0 radical (unpaired) electrons. The number of aliphatic hydroxyl groups is 2. The van der Waals surface area contributed by atoms with Crippen molar-refractivity contribution in [2.75, 3.05) is 156 Å². The summed E-state index contributed by atoms with van der Waals surface area (Å²) in [5.74, 6) is -8.38. The molecule has 36 nitrogen and oxygen atoms in total. The second kappa shape index (κ2) is 57.3. The first-order valence-corrected chi connectivity index (χ1v) is 39.6. The van der Waals surface area contributed by atoms with Crippen LogP contribution in [0.2, 0.25) is 0 Å². The number of imidazole rings is 2. The van der Waals surface area contributed by atoms with E-state index < -0.39 is 153 Å². The molecule has 0 unspecified atom stereocenters. The van der Waals surface area contributed by atoms with E-state index in [1.54, 1.807) is 33.8 Å². The molecule has 0 spiro atoms. The van der Waals surface area contributed by atoms with Gasteiger partial charge in [-0.15, -0.1) is 0 Å². The maximum Gasteiger partial charge on any atom is 0.338 e. The number of pyridine rings is 2. The number of nitrogens with one attached hydrogen (secondary N) is 1. The molecule has 0 saturated heterocycles. The van der Waals surface area contributed by atoms with E-state index in [9.17, 15) is 80.1 Å². The number of hydrogen-bond acceptors (Lipinski definition) is 29. The number of alkyl halides is 5. The number of amides is 1. The summed E-state index contributed by atoms with van der Waals surface area (Å²) in [7, 11) is 0. The van der Waals surface area contributed by atoms with Gasteiger partial charge in [0.25, 0.3) is 5.91 Å². The number of fused-ring (bicyclic) bond motifs is 6. The molecule has 6 aromatic rings. The number of nitrogens with zero attached hydrogens (tertiary/aromatic N) is 6. The van der Waals surface area contributed by atoms with Crippen molar-refractivity contribution in [3.63, 3.8) is 0 Å². The molecule has 0 fully saturated rings. The molecule has 41 heteroatoms. The summed E-state index contributed by atoms with van der Waals surface area (Å²) in [4.78, 5) is 133. The van der Waals surface area contributed by atoms with Crippen molar-refractivity contribution in [2.24, 2.45) is 5.41 Å². The van der Waals surface area contributed by atoms with Gasteiger partial charge in [0.1, 0.15) is 68.9 Å². The maximum absolute atomic E-state index is 14.8. The third-order valence-corrected chi connectivity index (χ3v) is 17.3. The van der Waals surface area contributed by atoms with Crippen LogP contribution in [0.3, 0.4) is 0 Å². The van der Waals surface area contributed by atoms with Crippen molar-refractivity contribution in [3.8, 4) is 0 Å². The van der Waals surface area contributed by atoms with Crippen LogP contribution in [0.4, 0.5) is 33.6 Å². The highest BCUT2D eigenvalue weighted by molar-refractivity contribution is 6.10. The highest BCUT2D eigenvalue weighted by atomic mass is 19.2. The lowest BCUT2D eigenvalue weighted by Crippen LogP contribution is -2.43. The van der Waals surface area contributed by atoms with Crippen LogP contribution in [0, 0.1) is 5.41 Å². The maximum atomic E-state index is 14.8. The lowest BCUT2D eigenvalue weighted by Gasteiger charge is -2.33. The minimum atomic E-state index is -2.20. The van der Waals surface area contributed by atoms with Crippen LogP contribution in [0.25, 0.3) is 43.9 Å². The van der Waals surface area contributed by atoms with Crippen molar-refractivity contribution in [1.82, 2.24) is 29.1 Å². The minimum absolute atomic E-state index is 0. The number of benzene rings is 2. The van der Waals surface area contributed by atoms with Gasteiger partial charge in [0.05, 0.1) is 144 Å². The largest absolute Gasteiger partial charge is 0.479 e. The van der Waals surface area contributed by atoms with Crippen LogP contribution in [0.15, 0.2) is 48.5 Å². The summed E-state index contributed by atoms with van der Waals surface area (Å²) in [6, 6.07) is 15.1. The Morgan fingerprint density at radius 2 is 0.691 bits per heavy atom. The molecule has 690 valence electrons. The topological polar surface area (TPSA) is 502 Å². The molecule has 0 aliphatic rings. The number of anilines is 2. The van der Waals surface area contributed by atoms with E-state index in [1.165, 1.54) is 0 Å². The monoisotopic (exact) mass is 1760 g/mol. The molecule has 0 aliphatic heterocycles. The second-order valence-corrected chi connectivity index (χ2v) is 29.3. The number of halogens is 5. The van der Waals surface area contributed by atoms with Crippen molar-refractivity contribution in [2.45, 2.75) is 188 Å². The SMILES string of the molecule is C.CCOCCOCC(=O)CC[C@@H](F)C(=O)Nc1nc2ccccc2c2c1nc(COCC)n2CC(C)(C)O.CCOCc1nc2c(N)nc3ccccc3c2n1CC(C)(C)O.O=C(CC[C@@H](F)C(=O)O)COCCOCC(COCCOCC(=O)CC[C@@H](F)C(=O)O)(COCCOCC(=O)CC[C@@H](F)C(=O)O)COCCOCC(=O)CC[C@@H](F)C(=O)O. The zero-order chi connectivity index (χ0) is 90.4. The molecule has 4 aromatic heterocycles. The molecule has 2 aromatic carbocycles. The fraction of sp³-hybridized carbons (Fsp3) is 0.634. The Labute approximate surface area is 708 Å². The Balaban J connectivity index is 0.000000528. The van der Waals surface area contributed by atoms with Crippen LogP contribution in [0.5, 0.6) is 0 Å². The van der Waals surface area contributed by atoms with Crippen molar-refractivity contribution in [3.05, 3.63) is 60.2 Å². The van der Waals surface area contributed by atoms with Gasteiger partial charge in [0.15, 0.2) is 71.4 Å². The van der Waals surface area contributed by atoms with Gasteiger partial charge in [-0.2, -0.15) is 0 Å². The van der Waals surface area contributed by atoms with Gasteiger partial charge in [-0.1, -0.05) is 43.8 Å². The Bertz CT molecular complexity index is 4080. The summed E-state index contributed by atoms with van der Waals surface area (Å²) >= 11 is 0. The number of carbonyl (C=O) groups excluding carboxylic acids is 6. The van der Waals surface area contributed by atoms with Crippen LogP contribution in [-0.4, -0.2) is 306 Å². The fourth-order valence-corrected chi connectivity index (χ4v) is 11.3. The first-order chi connectivity index (χ1) is 57.9. The Kier molecular flexibility index (Phi) is 50.3. The standard InChI is InChI=1S/C37H56F4O20.C27H37FN4O6.C17H22N4O2.CH4/c38-29(33(46)47)5-1-25(42)17-54-9-13-58-21-37(22-59-14-10-55-18-26(43)2-6-30(39)34(48)49,23-60-15-11-56-19-27(44)3-7-31(40)35(50)51)24-61-16-12-57-20-28(45)4-8-32(41)36(52)53;1-5-36-13-14-38-15-18(33)11-12-20(28)26(34)31-25-23-24(19-9-7-8-10-21(19)29-25)32(17-27(3,4)35)22(30-23)16-37-6-2;1-4-23-9-13-20-14-15(21(13)10-17(2,3)22)11-7-5-6-8-12(11)19-16(14)18;/h29-32H,1-24H2,(H,46,47)(H,48,49)(H,50,51)(H,52,53);7-10,20,35H,5-6,11-17H2,1-4H3,(H,29,31,34);5-8,22H,4,9-10H2,1-3H3,(H2,18,19);1H4/t29-,30-,31-,32-;20-;;/m11../s1. The third-order valence-electron chi connectivity index (χ3n) is 17.3. The smallest absolute Gasteiger partial charge is 0.338 e. The van der Waals surface area contributed by atoms with Gasteiger partial charge >= 0.3 is 23.9 Å². The number of nitrogen functional groups attached to an aromatic ring is 1. The number of carboxylic acid groups (broad SMARTS) is 4. The van der Waals surface area contributed by atoms with Gasteiger partial charge in [0.2, 0.25) is 0 Å². The Hall–Kier alpha value is -9.21. The molecule has 0 saturated carbocycles. The van der Waals surface area contributed by atoms with E-state index in [4.69, 9.17) is 83.0 Å². The van der Waals surface area contributed by atoms with Crippen LogP contribution in [0.1, 0.15) is 132 Å². The van der Waals surface area contributed by atoms with E-state index in [0.29, 0.717) is 73.3 Å². The third kappa shape index (κ3) is 41.4. The van der Waals surface area contributed by atoms with Crippen LogP contribution >= 0.6 is 0 Å². The molecule has 0 bridgehead atoms. The fourth-order valence-electron chi connectivity index (χ4n) is 11.3. The van der Waals surface area contributed by atoms with E-state index in [0.717, 1.165) is 27.6 Å². The van der Waals surface area contributed by atoms with E-state index in [-0.39, 0.29) is 163 Å². The summed E-state index contributed by atoms with van der Waals surface area (Å²) in [6.45, 7) is 12.5. The number of ketones is 5. The van der Waals surface area contributed by atoms with Crippen molar-refractivity contribution < 1.29 is 157 Å². The highest BCUT2D eigenvalue weighted by Crippen LogP contribution is 2.34.